The third-order valence-corrected chi connectivity index (χ3v) is 2.82. The first kappa shape index (κ1) is 13.3. The molecule has 1 aromatic heterocycles. The van der Waals surface area contributed by atoms with Gasteiger partial charge in [-0.3, -0.25) is 4.90 Å². The molecular formula is C13H24N2O. The summed E-state index contributed by atoms with van der Waals surface area (Å²) in [4.78, 5) is 2.36. The van der Waals surface area contributed by atoms with Crippen LogP contribution in [0.2, 0.25) is 0 Å². The fourth-order valence-electron chi connectivity index (χ4n) is 1.68. The number of nitrogens with two attached hydrogens (primary N) is 1. The molecular weight excluding hydrogens is 200 g/mol. The quantitative estimate of drug-likeness (QED) is 0.773. The van der Waals surface area contributed by atoms with Crippen LogP contribution in [0.4, 0.5) is 0 Å². The standard InChI is InChI=1S/C13H24N2O/c1-4-7-15(10-13(14)11(2)3)9-12-6-5-8-16-12/h5-6,8,11,13H,4,7,9-10,14H2,1-3H3. The fourth-order valence-corrected chi connectivity index (χ4v) is 1.68. The third-order valence-electron chi connectivity index (χ3n) is 2.82. The second-order valence-corrected chi connectivity index (χ2v) is 4.72. The molecule has 0 spiro atoms. The zero-order valence-corrected chi connectivity index (χ0v) is 10.6. The topological polar surface area (TPSA) is 42.4 Å². The minimum atomic E-state index is 0.238. The zero-order valence-electron chi connectivity index (χ0n) is 10.6. The molecule has 0 saturated heterocycles. The van der Waals surface area contributed by atoms with Crippen LogP contribution >= 0.6 is 0 Å². The summed E-state index contributed by atoms with van der Waals surface area (Å²) in [5, 5.41) is 0. The summed E-state index contributed by atoms with van der Waals surface area (Å²) < 4.78 is 5.37. The molecule has 3 nitrogen and oxygen atoms in total. The van der Waals surface area contributed by atoms with Crippen LogP contribution in [0.5, 0.6) is 0 Å². The molecule has 92 valence electrons. The van der Waals surface area contributed by atoms with Crippen molar-refractivity contribution in [3.8, 4) is 0 Å². The van der Waals surface area contributed by atoms with Crippen molar-refractivity contribution in [2.75, 3.05) is 13.1 Å². The van der Waals surface area contributed by atoms with Crippen molar-refractivity contribution in [2.45, 2.75) is 39.8 Å². The summed E-state index contributed by atoms with van der Waals surface area (Å²) in [5.74, 6) is 1.54. The molecule has 3 heteroatoms. The predicted octanol–water partition coefficient (Wildman–Crippen LogP) is 2.47. The van der Waals surface area contributed by atoms with Gasteiger partial charge in [-0.25, -0.2) is 0 Å². The first-order valence-electron chi connectivity index (χ1n) is 6.13. The Morgan fingerprint density at radius 3 is 2.69 bits per heavy atom. The summed E-state index contributed by atoms with van der Waals surface area (Å²) in [5.41, 5.74) is 6.10. The Kier molecular flexibility index (Phi) is 5.56. The number of furan rings is 1. The highest BCUT2D eigenvalue weighted by Gasteiger charge is 2.14. The second-order valence-electron chi connectivity index (χ2n) is 4.72. The van der Waals surface area contributed by atoms with E-state index in [1.807, 2.05) is 12.1 Å². The van der Waals surface area contributed by atoms with Crippen molar-refractivity contribution in [1.29, 1.82) is 0 Å². The fraction of sp³-hybridized carbons (Fsp3) is 0.692. The summed E-state index contributed by atoms with van der Waals surface area (Å²) in [6.45, 7) is 9.40. The van der Waals surface area contributed by atoms with Crippen molar-refractivity contribution < 1.29 is 4.42 Å². The molecule has 0 aromatic carbocycles. The Labute approximate surface area is 98.6 Å². The Morgan fingerprint density at radius 1 is 1.44 bits per heavy atom. The first-order valence-corrected chi connectivity index (χ1v) is 6.13. The van der Waals surface area contributed by atoms with E-state index in [0.29, 0.717) is 5.92 Å². The third kappa shape index (κ3) is 4.37. The zero-order chi connectivity index (χ0) is 12.0. The molecule has 0 radical (unpaired) electrons. The van der Waals surface area contributed by atoms with Crippen LogP contribution in [0.1, 0.15) is 33.0 Å². The molecule has 0 aliphatic rings. The number of hydrogen-bond acceptors (Lipinski definition) is 3. The Balaban J connectivity index is 2.47. The smallest absolute Gasteiger partial charge is 0.117 e. The van der Waals surface area contributed by atoms with Crippen LogP contribution in [0, 0.1) is 5.92 Å². The molecule has 2 N–H and O–H groups in total. The SMILES string of the molecule is CCCN(Cc1ccco1)CC(N)C(C)C. The van der Waals surface area contributed by atoms with Gasteiger partial charge in [0, 0.05) is 12.6 Å². The van der Waals surface area contributed by atoms with Gasteiger partial charge < -0.3 is 10.2 Å². The average Bonchev–Trinajstić information content (AvgIpc) is 2.70. The van der Waals surface area contributed by atoms with E-state index in [1.165, 1.54) is 0 Å². The Morgan fingerprint density at radius 2 is 2.19 bits per heavy atom. The van der Waals surface area contributed by atoms with E-state index in [-0.39, 0.29) is 6.04 Å². The maximum absolute atomic E-state index is 6.10. The summed E-state index contributed by atoms with van der Waals surface area (Å²) in [6, 6.07) is 4.19. The highest BCUT2D eigenvalue weighted by molar-refractivity contribution is 4.98. The van der Waals surface area contributed by atoms with Crippen molar-refractivity contribution in [3.05, 3.63) is 24.2 Å². The van der Waals surface area contributed by atoms with E-state index in [2.05, 4.69) is 25.7 Å². The van der Waals surface area contributed by atoms with Gasteiger partial charge in [0.15, 0.2) is 0 Å². The van der Waals surface area contributed by atoms with E-state index >= 15 is 0 Å². The minimum absolute atomic E-state index is 0.238. The van der Waals surface area contributed by atoms with Crippen LogP contribution in [0.3, 0.4) is 0 Å². The first-order chi connectivity index (χ1) is 7.63. The van der Waals surface area contributed by atoms with Crippen LogP contribution in [0.25, 0.3) is 0 Å². The number of hydrogen-bond donors (Lipinski definition) is 1. The molecule has 0 aliphatic carbocycles. The molecule has 0 saturated carbocycles. The number of rotatable bonds is 7. The number of nitrogens with zero attached hydrogens (tertiary/aromatic N) is 1. The van der Waals surface area contributed by atoms with E-state index in [0.717, 1.165) is 31.8 Å². The normalized spacial score (nSPS) is 13.6. The molecule has 16 heavy (non-hydrogen) atoms. The van der Waals surface area contributed by atoms with Gasteiger partial charge in [0.05, 0.1) is 12.8 Å². The molecule has 0 amide bonds. The summed E-state index contributed by atoms with van der Waals surface area (Å²) in [6.07, 6.45) is 2.87. The lowest BCUT2D eigenvalue weighted by Gasteiger charge is -2.26. The molecule has 1 heterocycles. The lowest BCUT2D eigenvalue weighted by molar-refractivity contribution is 0.214. The van der Waals surface area contributed by atoms with Crippen LogP contribution in [-0.2, 0) is 6.54 Å². The van der Waals surface area contributed by atoms with Crippen molar-refractivity contribution in [1.82, 2.24) is 4.90 Å². The lowest BCUT2D eigenvalue weighted by atomic mass is 10.1. The second kappa shape index (κ2) is 6.71. The Bertz CT molecular complexity index is 269. The van der Waals surface area contributed by atoms with Gasteiger partial charge >= 0.3 is 0 Å². The molecule has 0 bridgehead atoms. The highest BCUT2D eigenvalue weighted by Crippen LogP contribution is 2.08. The molecule has 1 rings (SSSR count). The Hall–Kier alpha value is -0.800. The molecule has 1 aromatic rings. The molecule has 1 atom stereocenters. The van der Waals surface area contributed by atoms with E-state index < -0.39 is 0 Å². The summed E-state index contributed by atoms with van der Waals surface area (Å²) >= 11 is 0. The average molecular weight is 224 g/mol. The van der Waals surface area contributed by atoms with Gasteiger partial charge in [-0.15, -0.1) is 0 Å². The molecule has 0 aliphatic heterocycles. The molecule has 0 fully saturated rings. The van der Waals surface area contributed by atoms with Gasteiger partial charge in [0.2, 0.25) is 0 Å². The minimum Gasteiger partial charge on any atom is -0.468 e. The van der Waals surface area contributed by atoms with Crippen molar-refractivity contribution in [2.24, 2.45) is 11.7 Å². The van der Waals surface area contributed by atoms with Gasteiger partial charge in [-0.05, 0) is 31.0 Å². The van der Waals surface area contributed by atoms with Crippen LogP contribution in [0.15, 0.2) is 22.8 Å². The highest BCUT2D eigenvalue weighted by atomic mass is 16.3. The van der Waals surface area contributed by atoms with Gasteiger partial charge in [-0.2, -0.15) is 0 Å². The van der Waals surface area contributed by atoms with Crippen LogP contribution in [-0.4, -0.2) is 24.0 Å². The largest absolute Gasteiger partial charge is 0.468 e. The monoisotopic (exact) mass is 224 g/mol. The van der Waals surface area contributed by atoms with Crippen molar-refractivity contribution in [3.63, 3.8) is 0 Å². The van der Waals surface area contributed by atoms with E-state index in [4.69, 9.17) is 10.2 Å². The maximum Gasteiger partial charge on any atom is 0.117 e. The molecule has 1 unspecified atom stereocenters. The van der Waals surface area contributed by atoms with E-state index in [9.17, 15) is 0 Å². The maximum atomic E-state index is 6.10. The van der Waals surface area contributed by atoms with Gasteiger partial charge in [0.25, 0.3) is 0 Å². The van der Waals surface area contributed by atoms with E-state index in [1.54, 1.807) is 6.26 Å². The van der Waals surface area contributed by atoms with Crippen molar-refractivity contribution >= 4 is 0 Å². The summed E-state index contributed by atoms with van der Waals surface area (Å²) in [7, 11) is 0. The van der Waals surface area contributed by atoms with Gasteiger partial charge in [-0.1, -0.05) is 20.8 Å². The van der Waals surface area contributed by atoms with Gasteiger partial charge in [0.1, 0.15) is 5.76 Å². The lowest BCUT2D eigenvalue weighted by Crippen LogP contribution is -2.40. The van der Waals surface area contributed by atoms with Crippen LogP contribution < -0.4 is 5.73 Å². The predicted molar refractivity (Wildman–Crippen MR) is 67.1 cm³/mol.